The summed E-state index contributed by atoms with van der Waals surface area (Å²) in [4.78, 5) is 26.5. The second-order valence-corrected chi connectivity index (χ2v) is 5.61. The Balaban J connectivity index is 1.89. The van der Waals surface area contributed by atoms with Crippen LogP contribution >= 0.6 is 0 Å². The van der Waals surface area contributed by atoms with E-state index in [0.717, 1.165) is 6.54 Å². The number of carboxylic acids is 1. The molecule has 2 rings (SSSR count). The summed E-state index contributed by atoms with van der Waals surface area (Å²) in [5, 5.41) is 8.69. The van der Waals surface area contributed by atoms with Gasteiger partial charge in [0.25, 0.3) is 5.91 Å². The van der Waals surface area contributed by atoms with E-state index in [1.54, 1.807) is 4.90 Å². The van der Waals surface area contributed by atoms with Crippen molar-refractivity contribution in [3.63, 3.8) is 0 Å². The first kappa shape index (κ1) is 14.5. The fourth-order valence-electron chi connectivity index (χ4n) is 2.41. The molecule has 0 saturated carbocycles. The standard InChI is InChI=1S/C15H20N2O3/c1-16(2)8-11-3-5-13(6-4-11)15(20)17-9-12(10-17)7-14(18)19/h3-6,12H,7-10H2,1-2H3,(H,18,19). The zero-order valence-electron chi connectivity index (χ0n) is 11.9. The van der Waals surface area contributed by atoms with Crippen LogP contribution in [0.1, 0.15) is 22.3 Å². The fraction of sp³-hybridized carbons (Fsp3) is 0.467. The summed E-state index contributed by atoms with van der Waals surface area (Å²) in [6, 6.07) is 7.60. The average molecular weight is 276 g/mol. The van der Waals surface area contributed by atoms with Gasteiger partial charge in [0, 0.05) is 31.1 Å². The Bertz CT molecular complexity index is 490. The van der Waals surface area contributed by atoms with Crippen molar-refractivity contribution in [3.05, 3.63) is 35.4 Å². The van der Waals surface area contributed by atoms with Crippen molar-refractivity contribution >= 4 is 11.9 Å². The number of benzene rings is 1. The molecule has 0 unspecified atom stereocenters. The molecule has 5 nitrogen and oxygen atoms in total. The SMILES string of the molecule is CN(C)Cc1ccc(C(=O)N2CC(CC(=O)O)C2)cc1. The molecule has 1 aliphatic heterocycles. The summed E-state index contributed by atoms with van der Waals surface area (Å²) in [6.07, 6.45) is 0.144. The molecule has 1 aliphatic rings. The van der Waals surface area contributed by atoms with E-state index in [9.17, 15) is 9.59 Å². The molecule has 0 aliphatic carbocycles. The van der Waals surface area contributed by atoms with Crippen LogP contribution in [-0.2, 0) is 11.3 Å². The molecule has 0 spiro atoms. The topological polar surface area (TPSA) is 60.9 Å². The number of carbonyl (C=O) groups is 2. The third kappa shape index (κ3) is 3.57. The predicted molar refractivity (Wildman–Crippen MR) is 75.5 cm³/mol. The van der Waals surface area contributed by atoms with Crippen LogP contribution in [0.25, 0.3) is 0 Å². The average Bonchev–Trinajstić information content (AvgIpc) is 2.32. The lowest BCUT2D eigenvalue weighted by molar-refractivity contribution is -0.139. The Kier molecular flexibility index (Phi) is 4.39. The highest BCUT2D eigenvalue weighted by molar-refractivity contribution is 5.94. The van der Waals surface area contributed by atoms with Crippen LogP contribution in [0.15, 0.2) is 24.3 Å². The summed E-state index contributed by atoms with van der Waals surface area (Å²) in [7, 11) is 4.00. The van der Waals surface area contributed by atoms with Crippen LogP contribution in [-0.4, -0.2) is 54.0 Å². The molecule has 1 aromatic carbocycles. The molecule has 20 heavy (non-hydrogen) atoms. The van der Waals surface area contributed by atoms with Gasteiger partial charge >= 0.3 is 5.97 Å². The normalized spacial score (nSPS) is 15.2. The van der Waals surface area contributed by atoms with E-state index < -0.39 is 5.97 Å². The Labute approximate surface area is 118 Å². The summed E-state index contributed by atoms with van der Waals surface area (Å²) in [6.45, 7) is 1.94. The van der Waals surface area contributed by atoms with Crippen LogP contribution in [0.5, 0.6) is 0 Å². The zero-order chi connectivity index (χ0) is 14.7. The van der Waals surface area contributed by atoms with Crippen LogP contribution in [0.2, 0.25) is 0 Å². The van der Waals surface area contributed by atoms with E-state index in [1.807, 2.05) is 38.4 Å². The number of nitrogens with zero attached hydrogens (tertiary/aromatic N) is 2. The van der Waals surface area contributed by atoms with Crippen molar-refractivity contribution in [2.24, 2.45) is 5.92 Å². The molecule has 0 radical (unpaired) electrons. The Morgan fingerprint density at radius 2 is 1.85 bits per heavy atom. The summed E-state index contributed by atoms with van der Waals surface area (Å²) >= 11 is 0. The van der Waals surface area contributed by atoms with E-state index in [0.29, 0.717) is 18.7 Å². The first-order valence-corrected chi connectivity index (χ1v) is 6.70. The van der Waals surface area contributed by atoms with Crippen LogP contribution < -0.4 is 0 Å². The minimum Gasteiger partial charge on any atom is -0.481 e. The summed E-state index contributed by atoms with van der Waals surface area (Å²) in [5.41, 5.74) is 1.83. The van der Waals surface area contributed by atoms with Gasteiger partial charge in [-0.1, -0.05) is 12.1 Å². The van der Waals surface area contributed by atoms with Crippen LogP contribution in [0.4, 0.5) is 0 Å². The maximum atomic E-state index is 12.2. The first-order chi connectivity index (χ1) is 9.45. The molecule has 0 atom stereocenters. The second kappa shape index (κ2) is 6.05. The van der Waals surface area contributed by atoms with Gasteiger partial charge in [-0.3, -0.25) is 9.59 Å². The van der Waals surface area contributed by atoms with E-state index in [4.69, 9.17) is 5.11 Å². The molecular formula is C15H20N2O3. The minimum absolute atomic E-state index is 0.0111. The molecule has 5 heteroatoms. The number of hydrogen-bond donors (Lipinski definition) is 1. The minimum atomic E-state index is -0.796. The highest BCUT2D eigenvalue weighted by atomic mass is 16.4. The quantitative estimate of drug-likeness (QED) is 0.880. The molecule has 1 aromatic rings. The molecule has 1 saturated heterocycles. The number of rotatable bonds is 5. The van der Waals surface area contributed by atoms with Crippen molar-refractivity contribution in [1.82, 2.24) is 9.80 Å². The van der Waals surface area contributed by atoms with E-state index >= 15 is 0 Å². The Morgan fingerprint density at radius 3 is 2.35 bits per heavy atom. The van der Waals surface area contributed by atoms with Crippen molar-refractivity contribution in [3.8, 4) is 0 Å². The van der Waals surface area contributed by atoms with Crippen LogP contribution in [0, 0.1) is 5.92 Å². The molecule has 1 amide bonds. The first-order valence-electron chi connectivity index (χ1n) is 6.70. The highest BCUT2D eigenvalue weighted by Crippen LogP contribution is 2.21. The van der Waals surface area contributed by atoms with Crippen molar-refractivity contribution < 1.29 is 14.7 Å². The summed E-state index contributed by atoms with van der Waals surface area (Å²) in [5.74, 6) is -0.706. The third-order valence-corrected chi connectivity index (χ3v) is 3.41. The van der Waals surface area contributed by atoms with Gasteiger partial charge in [-0.05, 0) is 31.8 Å². The van der Waals surface area contributed by atoms with E-state index in [-0.39, 0.29) is 18.2 Å². The van der Waals surface area contributed by atoms with Crippen molar-refractivity contribution in [2.75, 3.05) is 27.2 Å². The highest BCUT2D eigenvalue weighted by Gasteiger charge is 2.32. The Morgan fingerprint density at radius 1 is 1.25 bits per heavy atom. The van der Waals surface area contributed by atoms with Gasteiger partial charge in [0.2, 0.25) is 0 Å². The second-order valence-electron chi connectivity index (χ2n) is 5.61. The molecule has 1 N–H and O–H groups in total. The number of hydrogen-bond acceptors (Lipinski definition) is 3. The number of likely N-dealkylation sites (tertiary alicyclic amines) is 1. The van der Waals surface area contributed by atoms with Gasteiger partial charge in [0.15, 0.2) is 0 Å². The molecular weight excluding hydrogens is 256 g/mol. The van der Waals surface area contributed by atoms with Gasteiger partial charge in [0.1, 0.15) is 0 Å². The lowest BCUT2D eigenvalue weighted by atomic mass is 9.95. The van der Waals surface area contributed by atoms with Gasteiger partial charge in [-0.2, -0.15) is 0 Å². The lowest BCUT2D eigenvalue weighted by Gasteiger charge is -2.38. The fourth-order valence-corrected chi connectivity index (χ4v) is 2.41. The Hall–Kier alpha value is -1.88. The van der Waals surface area contributed by atoms with Crippen LogP contribution in [0.3, 0.4) is 0 Å². The maximum absolute atomic E-state index is 12.2. The molecule has 0 aromatic heterocycles. The van der Waals surface area contributed by atoms with Crippen molar-refractivity contribution in [1.29, 1.82) is 0 Å². The van der Waals surface area contributed by atoms with Gasteiger partial charge in [-0.15, -0.1) is 0 Å². The number of carbonyl (C=O) groups excluding carboxylic acids is 1. The van der Waals surface area contributed by atoms with Crippen molar-refractivity contribution in [2.45, 2.75) is 13.0 Å². The predicted octanol–water partition coefficient (Wildman–Crippen LogP) is 1.29. The number of carboxylic acid groups (broad SMARTS) is 1. The monoisotopic (exact) mass is 276 g/mol. The summed E-state index contributed by atoms with van der Waals surface area (Å²) < 4.78 is 0. The van der Waals surface area contributed by atoms with Gasteiger partial charge in [-0.25, -0.2) is 0 Å². The number of amides is 1. The molecule has 1 fully saturated rings. The van der Waals surface area contributed by atoms with Gasteiger partial charge < -0.3 is 14.9 Å². The van der Waals surface area contributed by atoms with E-state index in [2.05, 4.69) is 4.90 Å². The maximum Gasteiger partial charge on any atom is 0.303 e. The lowest BCUT2D eigenvalue weighted by Crippen LogP contribution is -2.50. The number of aliphatic carboxylic acids is 1. The molecule has 1 heterocycles. The zero-order valence-corrected chi connectivity index (χ0v) is 11.9. The molecule has 0 bridgehead atoms. The van der Waals surface area contributed by atoms with E-state index in [1.165, 1.54) is 5.56 Å². The smallest absolute Gasteiger partial charge is 0.303 e. The largest absolute Gasteiger partial charge is 0.481 e. The molecule has 108 valence electrons. The van der Waals surface area contributed by atoms with Gasteiger partial charge in [0.05, 0.1) is 6.42 Å². The third-order valence-electron chi connectivity index (χ3n) is 3.41.